The normalized spacial score (nSPS) is 15.6. The van der Waals surface area contributed by atoms with E-state index in [1.807, 2.05) is 0 Å². The van der Waals surface area contributed by atoms with Crippen molar-refractivity contribution in [2.24, 2.45) is 0 Å². The molecule has 0 bridgehead atoms. The molecule has 1 aromatic heterocycles. The molecule has 1 fully saturated rings. The van der Waals surface area contributed by atoms with E-state index < -0.39 is 22.4 Å². The number of rotatable bonds is 6. The fourth-order valence-corrected chi connectivity index (χ4v) is 3.07. The van der Waals surface area contributed by atoms with Gasteiger partial charge in [-0.15, -0.1) is 0 Å². The zero-order valence-electron chi connectivity index (χ0n) is 15.0. The van der Waals surface area contributed by atoms with Gasteiger partial charge in [-0.2, -0.15) is 13.2 Å². The van der Waals surface area contributed by atoms with Crippen molar-refractivity contribution >= 4 is 11.4 Å². The van der Waals surface area contributed by atoms with Crippen molar-refractivity contribution in [3.63, 3.8) is 0 Å². The van der Waals surface area contributed by atoms with Crippen LogP contribution in [-0.4, -0.2) is 54.6 Å². The second-order valence-corrected chi connectivity index (χ2v) is 6.45. The van der Waals surface area contributed by atoms with Crippen LogP contribution in [0.2, 0.25) is 0 Å². The molecule has 2 aromatic rings. The largest absolute Gasteiger partial charge is 0.468 e. The van der Waals surface area contributed by atoms with Crippen LogP contribution in [0.25, 0.3) is 0 Å². The van der Waals surface area contributed by atoms with Crippen LogP contribution in [0.5, 0.6) is 5.88 Å². The molecule has 0 aliphatic carbocycles. The number of hydrogen-bond donors (Lipinski definition) is 1. The van der Waals surface area contributed by atoms with E-state index in [-0.39, 0.29) is 5.69 Å². The standard InChI is InChI=1S/C16H18F3N5O4/c1-11-15(21-28-20-11)27-9-8-22-4-6-23(7-5-22)13-3-2-12(16(17,18)19)10-14(13)24(25)26/h2-3,10H,4-9H2,1H3/p+1. The van der Waals surface area contributed by atoms with Gasteiger partial charge in [0.2, 0.25) is 0 Å². The number of nitro groups is 1. The number of halogens is 3. The fraction of sp³-hybridized carbons (Fsp3) is 0.500. The first kappa shape index (κ1) is 19.9. The quantitative estimate of drug-likeness (QED) is 0.570. The van der Waals surface area contributed by atoms with Crippen molar-refractivity contribution in [2.75, 3.05) is 44.2 Å². The van der Waals surface area contributed by atoms with E-state index in [4.69, 9.17) is 4.74 Å². The lowest BCUT2D eigenvalue weighted by Crippen LogP contribution is -3.15. The molecule has 12 heteroatoms. The number of nitro benzene ring substituents is 1. The van der Waals surface area contributed by atoms with Crippen LogP contribution in [0.15, 0.2) is 22.8 Å². The maximum atomic E-state index is 12.8. The van der Waals surface area contributed by atoms with Gasteiger partial charge in [0.25, 0.3) is 11.6 Å². The van der Waals surface area contributed by atoms with E-state index >= 15 is 0 Å². The SMILES string of the molecule is Cc1nonc1OCC[NH+]1CCN(c2ccc(C(F)(F)F)cc2[N+](=O)[O-])CC1. The van der Waals surface area contributed by atoms with Crippen LogP contribution in [0.4, 0.5) is 24.5 Å². The van der Waals surface area contributed by atoms with Crippen LogP contribution in [-0.2, 0) is 6.18 Å². The number of nitrogens with one attached hydrogen (secondary N) is 1. The van der Waals surface area contributed by atoms with Crippen LogP contribution in [0, 0.1) is 17.0 Å². The van der Waals surface area contributed by atoms with Gasteiger partial charge in [-0.3, -0.25) is 10.1 Å². The first-order valence-electron chi connectivity index (χ1n) is 8.62. The molecule has 0 spiro atoms. The molecule has 152 valence electrons. The van der Waals surface area contributed by atoms with Crippen LogP contribution in [0.3, 0.4) is 0 Å². The third kappa shape index (κ3) is 4.50. The smallest absolute Gasteiger partial charge is 0.416 e. The highest BCUT2D eigenvalue weighted by molar-refractivity contribution is 5.64. The summed E-state index contributed by atoms with van der Waals surface area (Å²) in [6.07, 6.45) is -4.62. The Balaban J connectivity index is 1.58. The van der Waals surface area contributed by atoms with Crippen molar-refractivity contribution in [1.29, 1.82) is 0 Å². The highest BCUT2D eigenvalue weighted by Crippen LogP contribution is 2.36. The Labute approximate surface area is 157 Å². The maximum Gasteiger partial charge on any atom is 0.416 e. The number of aromatic nitrogens is 2. The monoisotopic (exact) mass is 402 g/mol. The molecule has 0 radical (unpaired) electrons. The first-order chi connectivity index (χ1) is 13.3. The summed E-state index contributed by atoms with van der Waals surface area (Å²) < 4.78 is 48.5. The molecule has 1 N–H and O–H groups in total. The third-order valence-corrected chi connectivity index (χ3v) is 4.62. The molecular formula is C16H19F3N5O4+. The van der Waals surface area contributed by atoms with Gasteiger partial charge in [0.05, 0.1) is 36.7 Å². The van der Waals surface area contributed by atoms with Crippen LogP contribution in [0.1, 0.15) is 11.3 Å². The predicted octanol–water partition coefficient (Wildman–Crippen LogP) is 1.09. The van der Waals surface area contributed by atoms with Gasteiger partial charge in [0.1, 0.15) is 24.5 Å². The number of benzene rings is 1. The number of hydrogen-bond acceptors (Lipinski definition) is 7. The molecule has 0 atom stereocenters. The fourth-order valence-electron chi connectivity index (χ4n) is 3.07. The van der Waals surface area contributed by atoms with E-state index in [2.05, 4.69) is 14.9 Å². The molecule has 28 heavy (non-hydrogen) atoms. The zero-order valence-corrected chi connectivity index (χ0v) is 15.0. The van der Waals surface area contributed by atoms with Gasteiger partial charge >= 0.3 is 6.18 Å². The summed E-state index contributed by atoms with van der Waals surface area (Å²) in [4.78, 5) is 13.5. The summed E-state index contributed by atoms with van der Waals surface area (Å²) in [7, 11) is 0. The second kappa shape index (κ2) is 8.00. The van der Waals surface area contributed by atoms with Crippen molar-refractivity contribution in [2.45, 2.75) is 13.1 Å². The minimum Gasteiger partial charge on any atom is -0.468 e. The van der Waals surface area contributed by atoms with Crippen molar-refractivity contribution in [1.82, 2.24) is 10.3 Å². The molecule has 3 rings (SSSR count). The predicted molar refractivity (Wildman–Crippen MR) is 90.4 cm³/mol. The van der Waals surface area contributed by atoms with E-state index in [1.165, 1.54) is 11.0 Å². The Hall–Kier alpha value is -2.89. The number of quaternary nitrogens is 1. The molecule has 1 saturated heterocycles. The van der Waals surface area contributed by atoms with Gasteiger partial charge in [0.15, 0.2) is 0 Å². The Morgan fingerprint density at radius 3 is 2.61 bits per heavy atom. The van der Waals surface area contributed by atoms with Gasteiger partial charge in [-0.25, -0.2) is 4.63 Å². The summed E-state index contributed by atoms with van der Waals surface area (Å²) >= 11 is 0. The molecule has 1 aromatic carbocycles. The number of nitrogens with zero attached hydrogens (tertiary/aromatic N) is 4. The number of alkyl halides is 3. The molecule has 0 unspecified atom stereocenters. The molecule has 2 heterocycles. The van der Waals surface area contributed by atoms with Crippen LogP contribution >= 0.6 is 0 Å². The summed E-state index contributed by atoms with van der Waals surface area (Å²) in [6.45, 7) is 5.15. The summed E-state index contributed by atoms with van der Waals surface area (Å²) in [5, 5.41) is 18.5. The molecular weight excluding hydrogens is 383 g/mol. The van der Waals surface area contributed by atoms with E-state index in [0.29, 0.717) is 57.0 Å². The third-order valence-electron chi connectivity index (χ3n) is 4.62. The lowest BCUT2D eigenvalue weighted by atomic mass is 10.1. The second-order valence-electron chi connectivity index (χ2n) is 6.45. The van der Waals surface area contributed by atoms with Gasteiger partial charge in [-0.1, -0.05) is 5.16 Å². The Bertz CT molecular complexity index is 834. The highest BCUT2D eigenvalue weighted by atomic mass is 19.4. The van der Waals surface area contributed by atoms with Crippen molar-refractivity contribution < 1.29 is 32.4 Å². The molecule has 0 saturated carbocycles. The number of ether oxygens (including phenoxy) is 1. The van der Waals surface area contributed by atoms with Gasteiger partial charge < -0.3 is 14.5 Å². The van der Waals surface area contributed by atoms with E-state index in [1.54, 1.807) is 11.8 Å². The lowest BCUT2D eigenvalue weighted by Gasteiger charge is -2.33. The van der Waals surface area contributed by atoms with Crippen molar-refractivity contribution in [3.05, 3.63) is 39.6 Å². The number of anilines is 1. The van der Waals surface area contributed by atoms with E-state index in [9.17, 15) is 23.3 Å². The minimum absolute atomic E-state index is 0.206. The number of aryl methyl sites for hydroxylation is 1. The molecule has 1 aliphatic rings. The maximum absolute atomic E-state index is 12.8. The zero-order chi connectivity index (χ0) is 20.3. The Morgan fingerprint density at radius 1 is 1.32 bits per heavy atom. The molecule has 0 amide bonds. The average molecular weight is 402 g/mol. The number of piperazine rings is 1. The summed E-state index contributed by atoms with van der Waals surface area (Å²) in [5.41, 5.74) is -0.787. The summed E-state index contributed by atoms with van der Waals surface area (Å²) in [6, 6.07) is 2.65. The average Bonchev–Trinajstić information content (AvgIpc) is 3.06. The van der Waals surface area contributed by atoms with Crippen molar-refractivity contribution in [3.8, 4) is 5.88 Å². The highest BCUT2D eigenvalue weighted by Gasteiger charge is 2.34. The minimum atomic E-state index is -4.62. The van der Waals surface area contributed by atoms with Gasteiger partial charge in [0, 0.05) is 6.07 Å². The van der Waals surface area contributed by atoms with E-state index in [0.717, 1.165) is 6.07 Å². The first-order valence-corrected chi connectivity index (χ1v) is 8.62. The Morgan fingerprint density at radius 2 is 2.04 bits per heavy atom. The summed E-state index contributed by atoms with van der Waals surface area (Å²) in [5.74, 6) is 0.346. The van der Waals surface area contributed by atoms with Crippen LogP contribution < -0.4 is 14.5 Å². The molecule has 9 nitrogen and oxygen atoms in total. The molecule has 1 aliphatic heterocycles. The topological polar surface area (TPSA) is 99.0 Å². The lowest BCUT2D eigenvalue weighted by molar-refractivity contribution is -0.900. The Kier molecular flexibility index (Phi) is 5.68. The van der Waals surface area contributed by atoms with Gasteiger partial charge in [-0.05, 0) is 24.2 Å².